The molecule has 0 radical (unpaired) electrons. The minimum absolute atomic E-state index is 0.0270. The van der Waals surface area contributed by atoms with E-state index < -0.39 is 23.7 Å². The summed E-state index contributed by atoms with van der Waals surface area (Å²) < 4.78 is 12.9. The number of carboxylic acids is 1. The standard InChI is InChI=1S/C13H16FNO3S/c1-19-6-5-11(13(17)18)15-12(16)8-9-3-2-4-10(14)7-9/h2-4,7,11H,5-6,8H2,1H3,(H,15,16)(H,17,18). The fourth-order valence-electron chi connectivity index (χ4n) is 1.57. The summed E-state index contributed by atoms with van der Waals surface area (Å²) in [5.41, 5.74) is 0.520. The number of halogens is 1. The highest BCUT2D eigenvalue weighted by molar-refractivity contribution is 7.98. The Balaban J connectivity index is 2.55. The summed E-state index contributed by atoms with van der Waals surface area (Å²) in [5, 5.41) is 11.4. The summed E-state index contributed by atoms with van der Waals surface area (Å²) in [4.78, 5) is 22.7. The Bertz CT molecular complexity index is 453. The van der Waals surface area contributed by atoms with Crippen LogP contribution in [0.4, 0.5) is 4.39 Å². The first kappa shape index (κ1) is 15.5. The Morgan fingerprint density at radius 2 is 2.21 bits per heavy atom. The molecule has 0 aliphatic rings. The van der Waals surface area contributed by atoms with E-state index in [1.54, 1.807) is 6.07 Å². The van der Waals surface area contributed by atoms with Crippen LogP contribution < -0.4 is 5.32 Å². The highest BCUT2D eigenvalue weighted by atomic mass is 32.2. The molecule has 0 aliphatic carbocycles. The van der Waals surface area contributed by atoms with Crippen LogP contribution in [0.1, 0.15) is 12.0 Å². The van der Waals surface area contributed by atoms with Crippen molar-refractivity contribution < 1.29 is 19.1 Å². The number of hydrogen-bond acceptors (Lipinski definition) is 3. The van der Waals surface area contributed by atoms with Gasteiger partial charge in [-0.2, -0.15) is 11.8 Å². The largest absolute Gasteiger partial charge is 0.480 e. The molecular formula is C13H16FNO3S. The van der Waals surface area contributed by atoms with Crippen LogP contribution in [0.2, 0.25) is 0 Å². The van der Waals surface area contributed by atoms with Gasteiger partial charge < -0.3 is 10.4 Å². The maximum absolute atomic E-state index is 12.9. The predicted octanol–water partition coefficient (Wildman–Crippen LogP) is 1.69. The molecule has 1 aromatic rings. The fraction of sp³-hybridized carbons (Fsp3) is 0.385. The molecule has 0 aliphatic heterocycles. The molecule has 1 aromatic carbocycles. The molecule has 0 saturated heterocycles. The number of thioether (sulfide) groups is 1. The number of rotatable bonds is 7. The Morgan fingerprint density at radius 1 is 1.47 bits per heavy atom. The fourth-order valence-corrected chi connectivity index (χ4v) is 2.04. The Hall–Kier alpha value is -1.56. The van der Waals surface area contributed by atoms with Crippen molar-refractivity contribution in [2.24, 2.45) is 0 Å². The number of carbonyl (C=O) groups excluding carboxylic acids is 1. The number of nitrogens with one attached hydrogen (secondary N) is 1. The first-order chi connectivity index (χ1) is 9.02. The van der Waals surface area contributed by atoms with E-state index in [2.05, 4.69) is 5.32 Å². The number of amides is 1. The zero-order valence-electron chi connectivity index (χ0n) is 10.6. The molecule has 1 rings (SSSR count). The maximum atomic E-state index is 12.9. The van der Waals surface area contributed by atoms with E-state index in [9.17, 15) is 14.0 Å². The molecule has 0 fully saturated rings. The summed E-state index contributed by atoms with van der Waals surface area (Å²) in [6, 6.07) is 4.80. The van der Waals surface area contributed by atoms with Crippen molar-refractivity contribution in [2.45, 2.75) is 18.9 Å². The average molecular weight is 285 g/mol. The molecule has 0 spiro atoms. The molecule has 104 valence electrons. The van der Waals surface area contributed by atoms with E-state index in [0.717, 1.165) is 0 Å². The van der Waals surface area contributed by atoms with Gasteiger partial charge in [0.25, 0.3) is 0 Å². The molecule has 0 saturated carbocycles. The number of aliphatic carboxylic acids is 1. The second-order valence-corrected chi connectivity index (χ2v) is 5.03. The second-order valence-electron chi connectivity index (χ2n) is 4.05. The Labute approximate surface area is 115 Å². The Morgan fingerprint density at radius 3 is 2.79 bits per heavy atom. The lowest BCUT2D eigenvalue weighted by atomic mass is 10.1. The van der Waals surface area contributed by atoms with Crippen molar-refractivity contribution in [1.29, 1.82) is 0 Å². The molecule has 6 heteroatoms. The minimum Gasteiger partial charge on any atom is -0.480 e. The van der Waals surface area contributed by atoms with Gasteiger partial charge in [0.2, 0.25) is 5.91 Å². The average Bonchev–Trinajstić information content (AvgIpc) is 2.34. The van der Waals surface area contributed by atoms with E-state index in [1.165, 1.54) is 30.0 Å². The first-order valence-corrected chi connectivity index (χ1v) is 7.18. The predicted molar refractivity (Wildman–Crippen MR) is 72.7 cm³/mol. The van der Waals surface area contributed by atoms with E-state index in [0.29, 0.717) is 17.7 Å². The summed E-state index contributed by atoms with van der Waals surface area (Å²) in [6.07, 6.45) is 2.21. The molecule has 1 unspecified atom stereocenters. The summed E-state index contributed by atoms with van der Waals surface area (Å²) in [5.74, 6) is -1.24. The van der Waals surface area contributed by atoms with Gasteiger partial charge in [0.15, 0.2) is 0 Å². The zero-order valence-corrected chi connectivity index (χ0v) is 11.4. The van der Waals surface area contributed by atoms with Gasteiger partial charge in [0.1, 0.15) is 11.9 Å². The van der Waals surface area contributed by atoms with Crippen LogP contribution in [0.5, 0.6) is 0 Å². The van der Waals surface area contributed by atoms with E-state index in [1.807, 2.05) is 6.26 Å². The van der Waals surface area contributed by atoms with E-state index >= 15 is 0 Å². The molecule has 0 aromatic heterocycles. The van der Waals surface area contributed by atoms with Crippen LogP contribution >= 0.6 is 11.8 Å². The highest BCUT2D eigenvalue weighted by Crippen LogP contribution is 2.05. The number of carbonyl (C=O) groups is 2. The molecule has 1 amide bonds. The molecule has 19 heavy (non-hydrogen) atoms. The lowest BCUT2D eigenvalue weighted by Gasteiger charge is -2.13. The van der Waals surface area contributed by atoms with Gasteiger partial charge in [-0.15, -0.1) is 0 Å². The van der Waals surface area contributed by atoms with Crippen molar-refractivity contribution in [2.75, 3.05) is 12.0 Å². The lowest BCUT2D eigenvalue weighted by Crippen LogP contribution is -2.41. The third kappa shape index (κ3) is 5.74. The van der Waals surface area contributed by atoms with Crippen LogP contribution in [0.25, 0.3) is 0 Å². The summed E-state index contributed by atoms with van der Waals surface area (Å²) in [7, 11) is 0. The topological polar surface area (TPSA) is 66.4 Å². The van der Waals surface area contributed by atoms with Crippen molar-refractivity contribution in [3.63, 3.8) is 0 Å². The van der Waals surface area contributed by atoms with Gasteiger partial charge in [-0.25, -0.2) is 9.18 Å². The van der Waals surface area contributed by atoms with Gasteiger partial charge in [-0.05, 0) is 36.1 Å². The molecule has 0 bridgehead atoms. The van der Waals surface area contributed by atoms with Crippen LogP contribution in [0.15, 0.2) is 24.3 Å². The molecule has 2 N–H and O–H groups in total. The van der Waals surface area contributed by atoms with Crippen LogP contribution in [0.3, 0.4) is 0 Å². The molecule has 4 nitrogen and oxygen atoms in total. The second kappa shape index (κ2) is 7.78. The summed E-state index contributed by atoms with van der Waals surface area (Å²) >= 11 is 1.52. The maximum Gasteiger partial charge on any atom is 0.326 e. The van der Waals surface area contributed by atoms with Gasteiger partial charge >= 0.3 is 5.97 Å². The van der Waals surface area contributed by atoms with Crippen LogP contribution in [-0.2, 0) is 16.0 Å². The van der Waals surface area contributed by atoms with Crippen LogP contribution in [0, 0.1) is 5.82 Å². The van der Waals surface area contributed by atoms with Gasteiger partial charge in [0, 0.05) is 0 Å². The molecule has 1 atom stereocenters. The van der Waals surface area contributed by atoms with E-state index in [4.69, 9.17) is 5.11 Å². The smallest absolute Gasteiger partial charge is 0.326 e. The van der Waals surface area contributed by atoms with Crippen molar-refractivity contribution >= 4 is 23.6 Å². The van der Waals surface area contributed by atoms with Crippen molar-refractivity contribution in [3.05, 3.63) is 35.6 Å². The zero-order chi connectivity index (χ0) is 14.3. The van der Waals surface area contributed by atoms with Gasteiger partial charge in [0.05, 0.1) is 6.42 Å². The van der Waals surface area contributed by atoms with Crippen molar-refractivity contribution in [3.8, 4) is 0 Å². The first-order valence-electron chi connectivity index (χ1n) is 5.78. The number of carboxylic acid groups (broad SMARTS) is 1. The van der Waals surface area contributed by atoms with Crippen LogP contribution in [-0.4, -0.2) is 35.0 Å². The van der Waals surface area contributed by atoms with Gasteiger partial charge in [-0.1, -0.05) is 12.1 Å². The van der Waals surface area contributed by atoms with Crippen molar-refractivity contribution in [1.82, 2.24) is 5.32 Å². The Kier molecular flexibility index (Phi) is 6.35. The third-order valence-electron chi connectivity index (χ3n) is 2.50. The SMILES string of the molecule is CSCCC(NC(=O)Cc1cccc(F)c1)C(=O)O. The third-order valence-corrected chi connectivity index (χ3v) is 3.14. The number of benzene rings is 1. The minimum atomic E-state index is -1.05. The molecule has 0 heterocycles. The highest BCUT2D eigenvalue weighted by Gasteiger charge is 2.19. The monoisotopic (exact) mass is 285 g/mol. The normalized spacial score (nSPS) is 11.9. The number of hydrogen-bond donors (Lipinski definition) is 2. The lowest BCUT2D eigenvalue weighted by molar-refractivity contribution is -0.141. The summed E-state index contributed by atoms with van der Waals surface area (Å²) in [6.45, 7) is 0. The quantitative estimate of drug-likeness (QED) is 0.800. The van der Waals surface area contributed by atoms with Gasteiger partial charge in [-0.3, -0.25) is 4.79 Å². The van der Waals surface area contributed by atoms with E-state index in [-0.39, 0.29) is 6.42 Å². The molecular weight excluding hydrogens is 269 g/mol.